The van der Waals surface area contributed by atoms with E-state index >= 15 is 0 Å². The minimum Gasteiger partial charge on any atom is -0.403 e. The first kappa shape index (κ1) is 12.9. The molecule has 2 heterocycles. The lowest BCUT2D eigenvalue weighted by atomic mass is 10.1. The number of nitrogens with zero attached hydrogens (tertiary/aromatic N) is 4. The summed E-state index contributed by atoms with van der Waals surface area (Å²) in [5.74, 6) is 0.552. The SMILES string of the molecule is Cc1cc(N)ccc1-c1nnc(N2CCN(C)CC2)o1. The molecule has 2 N–H and O–H groups in total. The lowest BCUT2D eigenvalue weighted by Crippen LogP contribution is -2.44. The zero-order chi connectivity index (χ0) is 14.1. The number of nitrogen functional groups attached to an aromatic ring is 1. The number of anilines is 2. The van der Waals surface area contributed by atoms with Crippen LogP contribution in [0.5, 0.6) is 0 Å². The molecular weight excluding hydrogens is 254 g/mol. The molecule has 106 valence electrons. The Balaban J connectivity index is 1.83. The molecule has 0 amide bonds. The van der Waals surface area contributed by atoms with Crippen molar-refractivity contribution in [2.45, 2.75) is 6.92 Å². The van der Waals surface area contributed by atoms with Gasteiger partial charge in [-0.3, -0.25) is 0 Å². The van der Waals surface area contributed by atoms with Gasteiger partial charge in [-0.15, -0.1) is 5.10 Å². The molecule has 0 atom stereocenters. The molecule has 6 nitrogen and oxygen atoms in total. The number of benzene rings is 1. The normalized spacial score (nSPS) is 16.6. The first-order valence-electron chi connectivity index (χ1n) is 6.77. The quantitative estimate of drug-likeness (QED) is 0.833. The molecule has 1 aliphatic heterocycles. The lowest BCUT2D eigenvalue weighted by molar-refractivity contribution is 0.305. The zero-order valence-corrected chi connectivity index (χ0v) is 11.8. The number of hydrogen-bond acceptors (Lipinski definition) is 6. The van der Waals surface area contributed by atoms with Gasteiger partial charge in [0.25, 0.3) is 0 Å². The van der Waals surface area contributed by atoms with Gasteiger partial charge < -0.3 is 20.0 Å². The Hall–Kier alpha value is -2.08. The highest BCUT2D eigenvalue weighted by Gasteiger charge is 2.20. The molecule has 1 fully saturated rings. The highest BCUT2D eigenvalue weighted by molar-refractivity contribution is 5.62. The lowest BCUT2D eigenvalue weighted by Gasteiger charge is -2.30. The Morgan fingerprint density at radius 3 is 2.60 bits per heavy atom. The van der Waals surface area contributed by atoms with Gasteiger partial charge in [0.05, 0.1) is 0 Å². The molecule has 3 rings (SSSR count). The first-order chi connectivity index (χ1) is 9.63. The Morgan fingerprint density at radius 1 is 1.15 bits per heavy atom. The van der Waals surface area contributed by atoms with E-state index in [0.717, 1.165) is 43.0 Å². The topological polar surface area (TPSA) is 71.4 Å². The summed E-state index contributed by atoms with van der Waals surface area (Å²) in [5.41, 5.74) is 8.48. The molecule has 1 aliphatic rings. The van der Waals surface area contributed by atoms with Crippen LogP contribution in [0.25, 0.3) is 11.5 Å². The summed E-state index contributed by atoms with van der Waals surface area (Å²) in [6.07, 6.45) is 0. The van der Waals surface area contributed by atoms with E-state index in [2.05, 4.69) is 27.0 Å². The minimum atomic E-state index is 0.552. The van der Waals surface area contributed by atoms with Crippen molar-refractivity contribution in [3.63, 3.8) is 0 Å². The standard InChI is InChI=1S/C14H19N5O/c1-10-9-11(15)3-4-12(10)13-16-17-14(20-13)19-7-5-18(2)6-8-19/h3-4,9H,5-8,15H2,1-2H3. The molecule has 0 spiro atoms. The summed E-state index contributed by atoms with van der Waals surface area (Å²) in [6.45, 7) is 5.85. The van der Waals surface area contributed by atoms with Gasteiger partial charge in [-0.1, -0.05) is 5.10 Å². The van der Waals surface area contributed by atoms with Gasteiger partial charge in [0.15, 0.2) is 0 Å². The third-order valence-corrected chi connectivity index (χ3v) is 3.67. The van der Waals surface area contributed by atoms with Crippen LogP contribution in [0.4, 0.5) is 11.7 Å². The van der Waals surface area contributed by atoms with Crippen LogP contribution in [0.3, 0.4) is 0 Å². The number of hydrogen-bond donors (Lipinski definition) is 1. The zero-order valence-electron chi connectivity index (χ0n) is 11.8. The van der Waals surface area contributed by atoms with Crippen LogP contribution in [0.15, 0.2) is 22.6 Å². The van der Waals surface area contributed by atoms with Crippen LogP contribution in [0.1, 0.15) is 5.56 Å². The largest absolute Gasteiger partial charge is 0.403 e. The summed E-state index contributed by atoms with van der Waals surface area (Å²) < 4.78 is 5.81. The maximum Gasteiger partial charge on any atom is 0.318 e. The Bertz CT molecular complexity index is 601. The smallest absolute Gasteiger partial charge is 0.318 e. The van der Waals surface area contributed by atoms with E-state index in [1.165, 1.54) is 0 Å². The number of likely N-dealkylation sites (N-methyl/N-ethyl adjacent to an activating group) is 1. The molecule has 0 aliphatic carbocycles. The predicted molar refractivity (Wildman–Crippen MR) is 78.6 cm³/mol. The Kier molecular flexibility index (Phi) is 3.31. The number of nitrogens with two attached hydrogens (primary N) is 1. The fraction of sp³-hybridized carbons (Fsp3) is 0.429. The van der Waals surface area contributed by atoms with E-state index < -0.39 is 0 Å². The van der Waals surface area contributed by atoms with E-state index in [-0.39, 0.29) is 0 Å². The van der Waals surface area contributed by atoms with Gasteiger partial charge in [-0.2, -0.15) is 0 Å². The molecule has 1 saturated heterocycles. The Labute approximate surface area is 118 Å². The Morgan fingerprint density at radius 2 is 1.90 bits per heavy atom. The average molecular weight is 273 g/mol. The number of rotatable bonds is 2. The fourth-order valence-electron chi connectivity index (χ4n) is 2.38. The number of aromatic nitrogens is 2. The van der Waals surface area contributed by atoms with Crippen LogP contribution in [0, 0.1) is 6.92 Å². The molecule has 1 aromatic heterocycles. The van der Waals surface area contributed by atoms with Gasteiger partial charge in [0.1, 0.15) is 0 Å². The predicted octanol–water partition coefficient (Wildman–Crippen LogP) is 1.38. The third-order valence-electron chi connectivity index (χ3n) is 3.67. The van der Waals surface area contributed by atoms with Gasteiger partial charge in [0.2, 0.25) is 5.89 Å². The van der Waals surface area contributed by atoms with Crippen LogP contribution >= 0.6 is 0 Å². The summed E-state index contributed by atoms with van der Waals surface area (Å²) in [6, 6.07) is 6.28. The second kappa shape index (κ2) is 5.13. The van der Waals surface area contributed by atoms with Crippen molar-refractivity contribution in [2.75, 3.05) is 43.9 Å². The molecule has 2 aromatic rings. The average Bonchev–Trinajstić information content (AvgIpc) is 2.89. The van der Waals surface area contributed by atoms with Crippen molar-refractivity contribution in [3.8, 4) is 11.5 Å². The monoisotopic (exact) mass is 273 g/mol. The highest BCUT2D eigenvalue weighted by atomic mass is 16.4. The second-order valence-corrected chi connectivity index (χ2v) is 5.25. The van der Waals surface area contributed by atoms with Crippen molar-refractivity contribution < 1.29 is 4.42 Å². The molecule has 1 aromatic carbocycles. The van der Waals surface area contributed by atoms with Gasteiger partial charge in [0, 0.05) is 37.4 Å². The molecule has 20 heavy (non-hydrogen) atoms. The molecule has 0 saturated carbocycles. The van der Waals surface area contributed by atoms with Gasteiger partial charge in [-0.05, 0) is 37.7 Å². The number of piperazine rings is 1. The molecule has 0 radical (unpaired) electrons. The summed E-state index contributed by atoms with van der Waals surface area (Å²) >= 11 is 0. The fourth-order valence-corrected chi connectivity index (χ4v) is 2.38. The van der Waals surface area contributed by atoms with Gasteiger partial charge >= 0.3 is 6.01 Å². The van der Waals surface area contributed by atoms with Crippen LogP contribution in [0.2, 0.25) is 0 Å². The van der Waals surface area contributed by atoms with E-state index in [1.807, 2.05) is 25.1 Å². The third kappa shape index (κ3) is 2.46. The van der Waals surface area contributed by atoms with E-state index in [0.29, 0.717) is 11.9 Å². The van der Waals surface area contributed by atoms with Crippen LogP contribution in [-0.4, -0.2) is 48.3 Å². The van der Waals surface area contributed by atoms with Gasteiger partial charge in [-0.25, -0.2) is 0 Å². The van der Waals surface area contributed by atoms with Crippen molar-refractivity contribution in [3.05, 3.63) is 23.8 Å². The van der Waals surface area contributed by atoms with E-state index in [9.17, 15) is 0 Å². The summed E-state index contributed by atoms with van der Waals surface area (Å²) in [5, 5.41) is 8.32. The van der Waals surface area contributed by atoms with Crippen LogP contribution < -0.4 is 10.6 Å². The first-order valence-corrected chi connectivity index (χ1v) is 6.77. The second-order valence-electron chi connectivity index (χ2n) is 5.25. The minimum absolute atomic E-state index is 0.552. The van der Waals surface area contributed by atoms with Crippen LogP contribution in [-0.2, 0) is 0 Å². The van der Waals surface area contributed by atoms with Crippen molar-refractivity contribution in [1.29, 1.82) is 0 Å². The number of aryl methyl sites for hydroxylation is 1. The van der Waals surface area contributed by atoms with Crippen molar-refractivity contribution in [2.24, 2.45) is 0 Å². The maximum absolute atomic E-state index is 5.81. The summed E-state index contributed by atoms with van der Waals surface area (Å²) in [4.78, 5) is 4.42. The molecule has 6 heteroatoms. The van der Waals surface area contributed by atoms with Crippen molar-refractivity contribution in [1.82, 2.24) is 15.1 Å². The molecule has 0 bridgehead atoms. The highest BCUT2D eigenvalue weighted by Crippen LogP contribution is 2.26. The van der Waals surface area contributed by atoms with E-state index in [1.54, 1.807) is 0 Å². The maximum atomic E-state index is 5.81. The van der Waals surface area contributed by atoms with E-state index in [4.69, 9.17) is 10.2 Å². The molecule has 0 unspecified atom stereocenters. The summed E-state index contributed by atoms with van der Waals surface area (Å²) in [7, 11) is 2.12. The van der Waals surface area contributed by atoms with Crippen molar-refractivity contribution >= 4 is 11.7 Å². The molecular formula is C14H19N5O.